The van der Waals surface area contributed by atoms with Gasteiger partial charge in [0, 0.05) is 42.6 Å². The number of phenols is 1. The Morgan fingerprint density at radius 3 is 2.73 bits per heavy atom. The molecule has 0 aromatic heterocycles. The summed E-state index contributed by atoms with van der Waals surface area (Å²) in [6.07, 6.45) is 6.21. The molecule has 0 radical (unpaired) electrons. The number of aromatic hydroxyl groups is 1. The molecule has 2 aromatic rings. The zero-order valence-corrected chi connectivity index (χ0v) is 21.5. The Labute approximate surface area is 218 Å². The summed E-state index contributed by atoms with van der Waals surface area (Å²) in [5.74, 6) is 1.06. The van der Waals surface area contributed by atoms with Gasteiger partial charge in [0.1, 0.15) is 11.7 Å². The molecule has 7 aliphatic rings. The topological polar surface area (TPSA) is 73.2 Å². The van der Waals surface area contributed by atoms with Gasteiger partial charge in [-0.3, -0.25) is 9.69 Å². The molecule has 4 saturated carbocycles. The number of carbonyl (C=O) groups excluding carboxylic acids is 1. The van der Waals surface area contributed by atoms with Gasteiger partial charge in [-0.05, 0) is 74.6 Å². The van der Waals surface area contributed by atoms with Gasteiger partial charge >= 0.3 is 0 Å². The van der Waals surface area contributed by atoms with Crippen LogP contribution in [0.1, 0.15) is 55.2 Å². The third-order valence-corrected chi connectivity index (χ3v) is 11.3. The highest BCUT2D eigenvalue weighted by Crippen LogP contribution is 2.76. The second kappa shape index (κ2) is 7.29. The van der Waals surface area contributed by atoms with Crippen LogP contribution in [-0.4, -0.2) is 63.8 Å². The molecule has 4 bridgehead atoms. The zero-order chi connectivity index (χ0) is 25.2. The number of rotatable bonds is 5. The molecule has 6 nitrogen and oxygen atoms in total. The van der Waals surface area contributed by atoms with Crippen molar-refractivity contribution in [3.63, 3.8) is 0 Å². The molecule has 2 spiro atoms. The molecular weight excluding hydrogens is 464 g/mol. The molecule has 37 heavy (non-hydrogen) atoms. The third kappa shape index (κ3) is 2.71. The molecule has 194 valence electrons. The van der Waals surface area contributed by atoms with Gasteiger partial charge in [0.25, 0.3) is 0 Å². The van der Waals surface area contributed by atoms with Crippen molar-refractivity contribution in [3.8, 4) is 11.5 Å². The van der Waals surface area contributed by atoms with Gasteiger partial charge in [0.15, 0.2) is 11.5 Å². The van der Waals surface area contributed by atoms with Crippen molar-refractivity contribution in [3.05, 3.63) is 59.2 Å². The van der Waals surface area contributed by atoms with E-state index in [-0.39, 0.29) is 22.5 Å². The van der Waals surface area contributed by atoms with Crippen molar-refractivity contribution in [2.45, 2.75) is 74.7 Å². The molecule has 0 unspecified atom stereocenters. The lowest BCUT2D eigenvalue weighted by molar-refractivity contribution is -0.266. The van der Waals surface area contributed by atoms with Crippen LogP contribution in [0.3, 0.4) is 0 Å². The van der Waals surface area contributed by atoms with Gasteiger partial charge in [-0.15, -0.1) is 0 Å². The number of ether oxygens (including phenoxy) is 1. The van der Waals surface area contributed by atoms with E-state index in [0.717, 1.165) is 49.4 Å². The zero-order valence-electron chi connectivity index (χ0n) is 21.5. The smallest absolute Gasteiger partial charge is 0.228 e. The van der Waals surface area contributed by atoms with E-state index in [9.17, 15) is 15.0 Å². The van der Waals surface area contributed by atoms with Crippen LogP contribution >= 0.6 is 0 Å². The van der Waals surface area contributed by atoms with E-state index < -0.39 is 17.6 Å². The summed E-state index contributed by atoms with van der Waals surface area (Å²) in [5.41, 5.74) is 1.81. The monoisotopic (exact) mass is 500 g/mol. The standard InChI is InChI=1S/C31H36N2O4/c1-32(17-19-5-3-2-4-6-19)27(35)22-16-29-11-12-31(22,36)28-30(29)13-14-33(18-20-7-8-20)24(29)15-21-9-10-23(34)26(37-28)25(21)30/h2-6,9-10,20,22,24,28,34,36H,7-8,11-18H2,1H3/t22-,24+,28+,29+,30-,31+/m0/s1. The first-order valence-electron chi connectivity index (χ1n) is 14.1. The molecule has 2 heterocycles. The molecule has 2 N–H and O–H groups in total. The summed E-state index contributed by atoms with van der Waals surface area (Å²) in [7, 11) is 1.86. The number of carbonyl (C=O) groups is 1. The van der Waals surface area contributed by atoms with E-state index in [1.165, 1.54) is 18.4 Å². The summed E-state index contributed by atoms with van der Waals surface area (Å²) in [6, 6.07) is 14.3. The number of benzene rings is 2. The number of nitrogens with zero attached hydrogens (tertiary/aromatic N) is 2. The molecular formula is C31H36N2O4. The van der Waals surface area contributed by atoms with Crippen molar-refractivity contribution >= 4 is 5.91 Å². The first-order valence-corrected chi connectivity index (χ1v) is 14.1. The second-order valence-corrected chi connectivity index (χ2v) is 12.9. The van der Waals surface area contributed by atoms with Crippen molar-refractivity contribution in [2.24, 2.45) is 17.3 Å². The summed E-state index contributed by atoms with van der Waals surface area (Å²) in [4.78, 5) is 18.7. The Hall–Kier alpha value is -2.57. The lowest BCUT2D eigenvalue weighted by atomic mass is 9.34. The van der Waals surface area contributed by atoms with Crippen LogP contribution < -0.4 is 4.74 Å². The van der Waals surface area contributed by atoms with Gasteiger partial charge in [0.05, 0.1) is 5.92 Å². The molecule has 2 aliphatic heterocycles. The fourth-order valence-corrected chi connectivity index (χ4v) is 9.55. The minimum Gasteiger partial charge on any atom is -0.504 e. The molecule has 1 amide bonds. The molecule has 1 saturated heterocycles. The number of aliphatic hydroxyl groups is 1. The fourth-order valence-electron chi connectivity index (χ4n) is 9.55. The number of likely N-dealkylation sites (tertiary alicyclic amines) is 1. The largest absolute Gasteiger partial charge is 0.504 e. The summed E-state index contributed by atoms with van der Waals surface area (Å²) in [6.45, 7) is 2.67. The second-order valence-electron chi connectivity index (χ2n) is 12.9. The van der Waals surface area contributed by atoms with Crippen LogP contribution in [0, 0.1) is 17.3 Å². The number of hydrogen-bond acceptors (Lipinski definition) is 5. The van der Waals surface area contributed by atoms with E-state index in [2.05, 4.69) is 11.0 Å². The number of fused-ring (bicyclic) bond motifs is 2. The Bertz CT molecular complexity index is 1290. The molecule has 6 heteroatoms. The lowest BCUT2D eigenvalue weighted by Gasteiger charge is -2.73. The Morgan fingerprint density at radius 2 is 1.95 bits per heavy atom. The summed E-state index contributed by atoms with van der Waals surface area (Å²) < 4.78 is 6.66. The molecule has 5 fully saturated rings. The Kier molecular flexibility index (Phi) is 4.42. The van der Waals surface area contributed by atoms with Crippen LogP contribution in [0.2, 0.25) is 0 Å². The van der Waals surface area contributed by atoms with E-state index in [0.29, 0.717) is 31.2 Å². The quantitative estimate of drug-likeness (QED) is 0.656. The highest BCUT2D eigenvalue weighted by atomic mass is 16.5. The van der Waals surface area contributed by atoms with E-state index in [1.807, 2.05) is 37.4 Å². The van der Waals surface area contributed by atoms with Crippen molar-refractivity contribution < 1.29 is 19.7 Å². The predicted octanol–water partition coefficient (Wildman–Crippen LogP) is 3.62. The average Bonchev–Trinajstić information content (AvgIpc) is 3.64. The van der Waals surface area contributed by atoms with E-state index in [4.69, 9.17) is 4.74 Å². The van der Waals surface area contributed by atoms with Crippen molar-refractivity contribution in [2.75, 3.05) is 20.1 Å². The highest BCUT2D eigenvalue weighted by molar-refractivity contribution is 5.81. The van der Waals surface area contributed by atoms with Crippen molar-refractivity contribution in [1.82, 2.24) is 9.80 Å². The lowest BCUT2D eigenvalue weighted by Crippen LogP contribution is -2.81. The van der Waals surface area contributed by atoms with Gasteiger partial charge in [-0.1, -0.05) is 36.4 Å². The maximum atomic E-state index is 14.1. The average molecular weight is 501 g/mol. The van der Waals surface area contributed by atoms with Gasteiger partial charge in [-0.25, -0.2) is 0 Å². The van der Waals surface area contributed by atoms with Crippen LogP contribution in [0.5, 0.6) is 11.5 Å². The maximum Gasteiger partial charge on any atom is 0.228 e. The van der Waals surface area contributed by atoms with E-state index >= 15 is 0 Å². The molecule has 6 atom stereocenters. The van der Waals surface area contributed by atoms with Gasteiger partial charge in [-0.2, -0.15) is 0 Å². The highest BCUT2D eigenvalue weighted by Gasteiger charge is 2.81. The summed E-state index contributed by atoms with van der Waals surface area (Å²) in [5, 5.41) is 23.4. The van der Waals surface area contributed by atoms with Crippen LogP contribution in [0.25, 0.3) is 0 Å². The number of hydrogen-bond donors (Lipinski definition) is 2. The van der Waals surface area contributed by atoms with Crippen LogP contribution in [0.15, 0.2) is 42.5 Å². The van der Waals surface area contributed by atoms with Gasteiger partial charge < -0.3 is 19.8 Å². The van der Waals surface area contributed by atoms with Crippen LogP contribution in [-0.2, 0) is 23.2 Å². The van der Waals surface area contributed by atoms with Crippen LogP contribution in [0.4, 0.5) is 0 Å². The van der Waals surface area contributed by atoms with E-state index in [1.54, 1.807) is 11.0 Å². The molecule has 9 rings (SSSR count). The first kappa shape index (κ1) is 22.4. The number of phenolic OH excluding ortho intramolecular Hbond substituents is 1. The predicted molar refractivity (Wildman–Crippen MR) is 138 cm³/mol. The Morgan fingerprint density at radius 1 is 1.14 bits per heavy atom. The number of amides is 1. The van der Waals surface area contributed by atoms with Gasteiger partial charge in [0.2, 0.25) is 5.91 Å². The first-order chi connectivity index (χ1) is 17.9. The fraction of sp³-hybridized carbons (Fsp3) is 0.581. The minimum atomic E-state index is -1.24. The normalized spacial score (nSPS) is 38.7. The molecule has 2 aromatic carbocycles. The van der Waals surface area contributed by atoms with Crippen molar-refractivity contribution in [1.29, 1.82) is 0 Å². The summed E-state index contributed by atoms with van der Waals surface area (Å²) >= 11 is 0. The molecule has 5 aliphatic carbocycles. The Balaban J connectivity index is 1.24. The minimum absolute atomic E-state index is 0.0154. The number of piperidine rings is 1. The maximum absolute atomic E-state index is 14.1. The SMILES string of the molecule is CN(Cc1ccccc1)C(=O)[C@@H]1C[C@@]23CC[C@]1(O)[C@@H]1Oc4c(O)ccc5c4[C@@]12CCN(CC1CC1)[C@@H]3C5. The third-order valence-electron chi connectivity index (χ3n) is 11.3.